The number of amides is 1. The third kappa shape index (κ3) is 4.08. The number of hydrogen-bond donors (Lipinski definition) is 2. The zero-order valence-electron chi connectivity index (χ0n) is 14.8. The number of benzene rings is 2. The molecule has 1 heterocycles. The highest BCUT2D eigenvalue weighted by Crippen LogP contribution is 2.37. The predicted octanol–water partition coefficient (Wildman–Crippen LogP) is 2.94. The molecule has 7 heteroatoms. The summed E-state index contributed by atoms with van der Waals surface area (Å²) in [6, 6.07) is 13.6. The van der Waals surface area contributed by atoms with Gasteiger partial charge in [0.2, 0.25) is 5.91 Å². The van der Waals surface area contributed by atoms with E-state index in [1.807, 2.05) is 24.3 Å². The lowest BCUT2D eigenvalue weighted by atomic mass is 9.97. The number of carboxylic acid groups (broad SMARTS) is 1. The number of phenols is 1. The molecule has 27 heavy (non-hydrogen) atoms. The second-order valence-corrected chi connectivity index (χ2v) is 6.19. The number of aromatic hydroxyl groups is 1. The van der Waals surface area contributed by atoms with Crippen LogP contribution in [0.2, 0.25) is 0 Å². The van der Waals surface area contributed by atoms with Crippen LogP contribution in [0.3, 0.4) is 0 Å². The zero-order valence-corrected chi connectivity index (χ0v) is 14.8. The van der Waals surface area contributed by atoms with Gasteiger partial charge in [0.1, 0.15) is 11.5 Å². The second-order valence-electron chi connectivity index (χ2n) is 6.19. The van der Waals surface area contributed by atoms with E-state index in [9.17, 15) is 14.7 Å². The van der Waals surface area contributed by atoms with E-state index in [4.69, 9.17) is 9.84 Å². The number of aliphatic carboxylic acids is 1. The van der Waals surface area contributed by atoms with Gasteiger partial charge in [0.25, 0.3) is 0 Å². The van der Waals surface area contributed by atoms with Gasteiger partial charge in [-0.2, -0.15) is 5.10 Å². The summed E-state index contributed by atoms with van der Waals surface area (Å²) in [5.74, 6) is -0.649. The fourth-order valence-electron chi connectivity index (χ4n) is 3.04. The minimum atomic E-state index is -1.04. The van der Waals surface area contributed by atoms with E-state index >= 15 is 0 Å². The summed E-state index contributed by atoms with van der Waals surface area (Å²) >= 11 is 0. The summed E-state index contributed by atoms with van der Waals surface area (Å²) in [6.45, 7) is 0. The van der Waals surface area contributed by atoms with Gasteiger partial charge >= 0.3 is 5.97 Å². The molecule has 0 saturated heterocycles. The van der Waals surface area contributed by atoms with Crippen LogP contribution in [0.25, 0.3) is 0 Å². The Labute approximate surface area is 156 Å². The summed E-state index contributed by atoms with van der Waals surface area (Å²) in [5.41, 5.74) is 2.10. The summed E-state index contributed by atoms with van der Waals surface area (Å²) in [7, 11) is 1.58. The first kappa shape index (κ1) is 18.4. The fourth-order valence-corrected chi connectivity index (χ4v) is 3.04. The van der Waals surface area contributed by atoms with Crippen molar-refractivity contribution in [2.75, 3.05) is 7.11 Å². The number of hydrogen-bond acceptors (Lipinski definition) is 5. The van der Waals surface area contributed by atoms with Gasteiger partial charge in [0.15, 0.2) is 0 Å². The van der Waals surface area contributed by atoms with Crippen LogP contribution in [-0.2, 0) is 9.59 Å². The molecule has 0 saturated carbocycles. The van der Waals surface area contributed by atoms with Crippen molar-refractivity contribution in [1.82, 2.24) is 5.01 Å². The van der Waals surface area contributed by atoms with Gasteiger partial charge in [0, 0.05) is 18.4 Å². The number of carbonyl (C=O) groups is 2. The number of carboxylic acids is 1. The first-order chi connectivity index (χ1) is 13.0. The highest BCUT2D eigenvalue weighted by Gasteiger charge is 2.34. The van der Waals surface area contributed by atoms with Gasteiger partial charge in [0.05, 0.1) is 25.3 Å². The maximum Gasteiger partial charge on any atom is 0.303 e. The number of ether oxygens (including phenoxy) is 1. The quantitative estimate of drug-likeness (QED) is 0.817. The Morgan fingerprint density at radius 2 is 1.85 bits per heavy atom. The number of phenolic OH excluding ortho intramolecular Hbond substituents is 1. The smallest absolute Gasteiger partial charge is 0.303 e. The molecule has 0 aromatic heterocycles. The normalized spacial score (nSPS) is 16.1. The average Bonchev–Trinajstić information content (AvgIpc) is 3.11. The third-order valence-electron chi connectivity index (χ3n) is 4.44. The molecule has 0 fully saturated rings. The van der Waals surface area contributed by atoms with E-state index < -0.39 is 17.9 Å². The minimum Gasteiger partial charge on any atom is -0.508 e. The molecular formula is C20H20N2O5. The van der Waals surface area contributed by atoms with Gasteiger partial charge in [-0.1, -0.05) is 18.2 Å². The van der Waals surface area contributed by atoms with Crippen LogP contribution >= 0.6 is 0 Å². The molecule has 0 spiro atoms. The summed E-state index contributed by atoms with van der Waals surface area (Å²) in [4.78, 5) is 23.4. The topological polar surface area (TPSA) is 99.4 Å². The molecule has 1 amide bonds. The monoisotopic (exact) mass is 368 g/mol. The van der Waals surface area contributed by atoms with Crippen molar-refractivity contribution in [2.45, 2.75) is 25.3 Å². The molecular weight excluding hydrogens is 348 g/mol. The van der Waals surface area contributed by atoms with E-state index in [1.54, 1.807) is 31.4 Å². The van der Waals surface area contributed by atoms with E-state index in [2.05, 4.69) is 5.10 Å². The van der Waals surface area contributed by atoms with Gasteiger partial charge in [-0.3, -0.25) is 9.59 Å². The largest absolute Gasteiger partial charge is 0.508 e. The van der Waals surface area contributed by atoms with Crippen LogP contribution in [0, 0.1) is 0 Å². The maximum absolute atomic E-state index is 12.6. The summed E-state index contributed by atoms with van der Waals surface area (Å²) in [6.07, 6.45) is -0.00223. The van der Waals surface area contributed by atoms with Crippen LogP contribution in [0.1, 0.15) is 36.4 Å². The number of hydrazone groups is 1. The van der Waals surface area contributed by atoms with Gasteiger partial charge < -0.3 is 14.9 Å². The van der Waals surface area contributed by atoms with Crippen molar-refractivity contribution in [1.29, 1.82) is 0 Å². The maximum atomic E-state index is 12.6. The van der Waals surface area contributed by atoms with Crippen LogP contribution < -0.4 is 4.74 Å². The first-order valence-corrected chi connectivity index (χ1v) is 8.53. The number of methoxy groups -OCH3 is 1. The summed E-state index contributed by atoms with van der Waals surface area (Å²) < 4.78 is 5.16. The van der Waals surface area contributed by atoms with Crippen LogP contribution in [0.4, 0.5) is 0 Å². The molecule has 7 nitrogen and oxygen atoms in total. The lowest BCUT2D eigenvalue weighted by Crippen LogP contribution is -2.27. The Balaban J connectivity index is 1.91. The van der Waals surface area contributed by atoms with E-state index in [-0.39, 0.29) is 18.6 Å². The first-order valence-electron chi connectivity index (χ1n) is 8.53. The Bertz CT molecular complexity index is 876. The van der Waals surface area contributed by atoms with E-state index in [0.29, 0.717) is 23.4 Å². The lowest BCUT2D eigenvalue weighted by Gasteiger charge is -2.22. The predicted molar refractivity (Wildman–Crippen MR) is 98.7 cm³/mol. The van der Waals surface area contributed by atoms with Crippen LogP contribution in [-0.4, -0.2) is 39.9 Å². The van der Waals surface area contributed by atoms with Crippen molar-refractivity contribution < 1.29 is 24.5 Å². The Morgan fingerprint density at radius 1 is 1.15 bits per heavy atom. The number of para-hydroxylation sites is 1. The molecule has 2 aromatic rings. The molecule has 1 aliphatic rings. The molecule has 140 valence electrons. The molecule has 0 radical (unpaired) electrons. The van der Waals surface area contributed by atoms with Gasteiger partial charge in [-0.15, -0.1) is 0 Å². The summed E-state index contributed by atoms with van der Waals surface area (Å²) in [5, 5.41) is 24.8. The minimum absolute atomic E-state index is 0.0738. The van der Waals surface area contributed by atoms with Crippen molar-refractivity contribution in [3.63, 3.8) is 0 Å². The fraction of sp³-hybridized carbons (Fsp3) is 0.250. The molecule has 1 atom stereocenters. The SMILES string of the molecule is COc1ccc(C2=NN(C(=O)CCC(=O)O)[C@H](c3ccccc3O)C2)cc1. The number of rotatable bonds is 6. The molecule has 3 rings (SSSR count). The highest BCUT2D eigenvalue weighted by atomic mass is 16.5. The van der Waals surface area contributed by atoms with E-state index in [1.165, 1.54) is 5.01 Å². The lowest BCUT2D eigenvalue weighted by molar-refractivity contribution is -0.141. The molecule has 0 bridgehead atoms. The third-order valence-corrected chi connectivity index (χ3v) is 4.44. The second kappa shape index (κ2) is 7.90. The van der Waals surface area contributed by atoms with Crippen molar-refractivity contribution >= 4 is 17.6 Å². The van der Waals surface area contributed by atoms with Gasteiger partial charge in [-0.05, 0) is 35.9 Å². The molecule has 2 aromatic carbocycles. The Morgan fingerprint density at radius 3 is 2.48 bits per heavy atom. The van der Waals surface area contributed by atoms with E-state index in [0.717, 1.165) is 5.56 Å². The Kier molecular flexibility index (Phi) is 5.40. The standard InChI is InChI=1S/C20H20N2O5/c1-27-14-8-6-13(7-9-14)16-12-17(15-4-2-3-5-18(15)23)22(21-16)19(24)10-11-20(25)26/h2-9,17,23H,10-12H2,1H3,(H,25,26)/t17-/m0/s1. The molecule has 0 unspecified atom stereocenters. The van der Waals surface area contributed by atoms with Crippen LogP contribution in [0.15, 0.2) is 53.6 Å². The number of nitrogens with zero attached hydrogens (tertiary/aromatic N) is 2. The van der Waals surface area contributed by atoms with Crippen molar-refractivity contribution in [3.8, 4) is 11.5 Å². The van der Waals surface area contributed by atoms with Crippen LogP contribution in [0.5, 0.6) is 11.5 Å². The van der Waals surface area contributed by atoms with Crippen molar-refractivity contribution in [3.05, 3.63) is 59.7 Å². The number of carbonyl (C=O) groups excluding carboxylic acids is 1. The van der Waals surface area contributed by atoms with Crippen molar-refractivity contribution in [2.24, 2.45) is 5.10 Å². The molecule has 0 aliphatic carbocycles. The van der Waals surface area contributed by atoms with Gasteiger partial charge in [-0.25, -0.2) is 5.01 Å². The highest BCUT2D eigenvalue weighted by molar-refractivity contribution is 6.03. The molecule has 2 N–H and O–H groups in total. The zero-order chi connectivity index (χ0) is 19.4. The average molecular weight is 368 g/mol. The Hall–Kier alpha value is -3.35. The molecule has 1 aliphatic heterocycles.